The number of nitrogens with zero attached hydrogens (tertiary/aromatic N) is 1. The highest BCUT2D eigenvalue weighted by Crippen LogP contribution is 2.16. The Kier molecular flexibility index (Phi) is 6.66. The maximum absolute atomic E-state index is 13.9. The number of carbonyl (C=O) groups excluding carboxylic acids is 1. The van der Waals surface area contributed by atoms with Gasteiger partial charge in [-0.3, -0.25) is 9.59 Å². The molecule has 5 nitrogen and oxygen atoms in total. The number of hydrogen-bond acceptors (Lipinski definition) is 3. The van der Waals surface area contributed by atoms with Gasteiger partial charge < -0.3 is 14.7 Å². The largest absolute Gasteiger partial charge is 0.497 e. The second kappa shape index (κ2) is 8.94. The van der Waals surface area contributed by atoms with Crippen molar-refractivity contribution in [2.45, 2.75) is 19.4 Å². The molecule has 0 aromatic heterocycles. The molecular formula is C19H19F2NO4. The third-order valence-corrected chi connectivity index (χ3v) is 3.86. The van der Waals surface area contributed by atoms with Crippen LogP contribution < -0.4 is 4.74 Å². The van der Waals surface area contributed by atoms with Crippen LogP contribution in [0.4, 0.5) is 8.78 Å². The average Bonchev–Trinajstić information content (AvgIpc) is 2.62. The van der Waals surface area contributed by atoms with Crippen molar-refractivity contribution in [3.8, 4) is 5.75 Å². The van der Waals surface area contributed by atoms with E-state index < -0.39 is 17.6 Å². The Morgan fingerprint density at radius 1 is 1.12 bits per heavy atom. The highest BCUT2D eigenvalue weighted by molar-refractivity contribution is 5.79. The van der Waals surface area contributed by atoms with Gasteiger partial charge in [0, 0.05) is 18.7 Å². The molecule has 0 aliphatic heterocycles. The fourth-order valence-electron chi connectivity index (χ4n) is 2.43. The van der Waals surface area contributed by atoms with Gasteiger partial charge >= 0.3 is 5.97 Å². The van der Waals surface area contributed by atoms with E-state index in [1.54, 1.807) is 24.3 Å². The fraction of sp³-hybridized carbons (Fsp3) is 0.263. The van der Waals surface area contributed by atoms with Gasteiger partial charge in [0.1, 0.15) is 5.75 Å². The molecule has 0 bridgehead atoms. The molecule has 0 aliphatic carbocycles. The lowest BCUT2D eigenvalue weighted by Crippen LogP contribution is -2.34. The molecule has 0 aliphatic rings. The second-order valence-corrected chi connectivity index (χ2v) is 5.70. The van der Waals surface area contributed by atoms with Gasteiger partial charge in [0.2, 0.25) is 5.91 Å². The summed E-state index contributed by atoms with van der Waals surface area (Å²) in [6.45, 7) is -0.299. The van der Waals surface area contributed by atoms with Crippen molar-refractivity contribution in [1.29, 1.82) is 0 Å². The van der Waals surface area contributed by atoms with Gasteiger partial charge in [-0.05, 0) is 23.8 Å². The number of hydrogen-bond donors (Lipinski definition) is 1. The Morgan fingerprint density at radius 3 is 2.42 bits per heavy atom. The first-order valence-electron chi connectivity index (χ1n) is 7.96. The summed E-state index contributed by atoms with van der Waals surface area (Å²) in [5.41, 5.74) is 0.703. The van der Waals surface area contributed by atoms with Crippen LogP contribution in [-0.2, 0) is 22.6 Å². The molecule has 138 valence electrons. The summed E-state index contributed by atoms with van der Waals surface area (Å²) in [6, 6.07) is 10.5. The standard InChI is InChI=1S/C19H19F2NO4/c1-26-15-7-5-13(6-8-15)11-17(23)22(10-9-18(24)25)12-14-3-2-4-16(20)19(14)21/h2-8H,9-12H2,1H3,(H,24,25). The molecule has 1 amide bonds. The lowest BCUT2D eigenvalue weighted by molar-refractivity contribution is -0.138. The Hall–Kier alpha value is -2.96. The van der Waals surface area contributed by atoms with Gasteiger partial charge in [-0.15, -0.1) is 0 Å². The van der Waals surface area contributed by atoms with Crippen LogP contribution in [0.5, 0.6) is 5.75 Å². The zero-order chi connectivity index (χ0) is 19.1. The molecule has 0 heterocycles. The van der Waals surface area contributed by atoms with E-state index >= 15 is 0 Å². The van der Waals surface area contributed by atoms with Crippen molar-refractivity contribution in [2.75, 3.05) is 13.7 Å². The van der Waals surface area contributed by atoms with Crippen molar-refractivity contribution < 1.29 is 28.2 Å². The minimum absolute atomic E-state index is 0.00142. The first-order chi connectivity index (χ1) is 12.4. The zero-order valence-corrected chi connectivity index (χ0v) is 14.2. The molecule has 0 saturated heterocycles. The van der Waals surface area contributed by atoms with Crippen molar-refractivity contribution in [3.63, 3.8) is 0 Å². The maximum atomic E-state index is 13.9. The molecule has 0 radical (unpaired) electrons. The van der Waals surface area contributed by atoms with E-state index in [1.165, 1.54) is 24.1 Å². The quantitative estimate of drug-likeness (QED) is 0.783. The van der Waals surface area contributed by atoms with Crippen LogP contribution in [0.25, 0.3) is 0 Å². The molecule has 2 rings (SSSR count). The molecule has 0 fully saturated rings. The van der Waals surface area contributed by atoms with E-state index in [1.807, 2.05) is 0 Å². The van der Waals surface area contributed by atoms with E-state index in [0.717, 1.165) is 6.07 Å². The number of carboxylic acids is 1. The number of amides is 1. The van der Waals surface area contributed by atoms with E-state index in [-0.39, 0.29) is 37.4 Å². The Balaban J connectivity index is 2.15. The number of aliphatic carboxylic acids is 1. The second-order valence-electron chi connectivity index (χ2n) is 5.70. The van der Waals surface area contributed by atoms with Crippen LogP contribution >= 0.6 is 0 Å². The Labute approximate surface area is 149 Å². The monoisotopic (exact) mass is 363 g/mol. The first kappa shape index (κ1) is 19.4. The van der Waals surface area contributed by atoms with Crippen LogP contribution in [-0.4, -0.2) is 35.5 Å². The molecule has 1 N–H and O–H groups in total. The first-order valence-corrected chi connectivity index (χ1v) is 7.96. The third kappa shape index (κ3) is 5.27. The summed E-state index contributed by atoms with van der Waals surface area (Å²) < 4.78 is 32.3. The number of benzene rings is 2. The van der Waals surface area contributed by atoms with E-state index in [9.17, 15) is 18.4 Å². The van der Waals surface area contributed by atoms with Crippen LogP contribution in [0.3, 0.4) is 0 Å². The van der Waals surface area contributed by atoms with Gasteiger partial charge in [0.25, 0.3) is 0 Å². The summed E-state index contributed by atoms with van der Waals surface area (Å²) in [5.74, 6) is -2.86. The van der Waals surface area contributed by atoms with Gasteiger partial charge in [-0.2, -0.15) is 0 Å². The van der Waals surface area contributed by atoms with Crippen LogP contribution in [0.1, 0.15) is 17.5 Å². The summed E-state index contributed by atoms with van der Waals surface area (Å²) in [5, 5.41) is 8.87. The highest BCUT2D eigenvalue weighted by Gasteiger charge is 2.18. The number of ether oxygens (including phenoxy) is 1. The lowest BCUT2D eigenvalue weighted by Gasteiger charge is -2.22. The van der Waals surface area contributed by atoms with Gasteiger partial charge in [0.05, 0.1) is 20.0 Å². The van der Waals surface area contributed by atoms with Crippen LogP contribution in [0.2, 0.25) is 0 Å². The van der Waals surface area contributed by atoms with Crippen LogP contribution in [0, 0.1) is 11.6 Å². The topological polar surface area (TPSA) is 66.8 Å². The third-order valence-electron chi connectivity index (χ3n) is 3.86. The molecule has 0 saturated carbocycles. The van der Waals surface area contributed by atoms with E-state index in [2.05, 4.69) is 0 Å². The van der Waals surface area contributed by atoms with Gasteiger partial charge in [0.15, 0.2) is 11.6 Å². The molecule has 0 unspecified atom stereocenters. The molecular weight excluding hydrogens is 344 g/mol. The van der Waals surface area contributed by atoms with E-state index in [4.69, 9.17) is 9.84 Å². The summed E-state index contributed by atoms with van der Waals surface area (Å²) in [7, 11) is 1.53. The van der Waals surface area contributed by atoms with Gasteiger partial charge in [-0.25, -0.2) is 8.78 Å². The number of methoxy groups -OCH3 is 1. The zero-order valence-electron chi connectivity index (χ0n) is 14.2. The minimum Gasteiger partial charge on any atom is -0.497 e. The Morgan fingerprint density at radius 2 is 1.81 bits per heavy atom. The summed E-state index contributed by atoms with van der Waals surface area (Å²) in [6.07, 6.45) is -0.272. The minimum atomic E-state index is -1.08. The summed E-state index contributed by atoms with van der Waals surface area (Å²) >= 11 is 0. The normalized spacial score (nSPS) is 10.4. The average molecular weight is 363 g/mol. The predicted molar refractivity (Wildman–Crippen MR) is 90.7 cm³/mol. The Bertz CT molecular complexity index is 778. The van der Waals surface area contributed by atoms with Crippen molar-refractivity contribution in [3.05, 3.63) is 65.2 Å². The fourth-order valence-corrected chi connectivity index (χ4v) is 2.43. The molecule has 0 atom stereocenters. The number of rotatable bonds is 8. The predicted octanol–water partition coefficient (Wildman–Crippen LogP) is 3.02. The maximum Gasteiger partial charge on any atom is 0.305 e. The van der Waals surface area contributed by atoms with Crippen LogP contribution in [0.15, 0.2) is 42.5 Å². The highest BCUT2D eigenvalue weighted by atomic mass is 19.2. The molecule has 7 heteroatoms. The van der Waals surface area contributed by atoms with Gasteiger partial charge in [-0.1, -0.05) is 24.3 Å². The molecule has 2 aromatic carbocycles. The van der Waals surface area contributed by atoms with E-state index in [0.29, 0.717) is 11.3 Å². The number of carboxylic acid groups (broad SMARTS) is 1. The molecule has 0 spiro atoms. The van der Waals surface area contributed by atoms with Crippen molar-refractivity contribution >= 4 is 11.9 Å². The smallest absolute Gasteiger partial charge is 0.305 e. The lowest BCUT2D eigenvalue weighted by atomic mass is 10.1. The number of carbonyl (C=O) groups is 2. The van der Waals surface area contributed by atoms with Crippen molar-refractivity contribution in [1.82, 2.24) is 4.90 Å². The van der Waals surface area contributed by atoms with Crippen molar-refractivity contribution in [2.24, 2.45) is 0 Å². The summed E-state index contributed by atoms with van der Waals surface area (Å²) in [4.78, 5) is 24.6. The SMILES string of the molecule is COc1ccc(CC(=O)N(CCC(=O)O)Cc2cccc(F)c2F)cc1. The molecule has 2 aromatic rings. The molecule has 26 heavy (non-hydrogen) atoms. The number of halogens is 2.